The second-order valence-corrected chi connectivity index (χ2v) is 14.3. The summed E-state index contributed by atoms with van der Waals surface area (Å²) in [6.07, 6.45) is 0.776. The van der Waals surface area contributed by atoms with Crippen molar-refractivity contribution in [2.75, 3.05) is 13.1 Å². The number of nitrogens with zero attached hydrogens (tertiary/aromatic N) is 1. The molecule has 3 rings (SSSR count). The standard InChI is InChI=1S/C37H54N10O11/c1-3-19(2)30(38)34(55)43-23(12-13-28(48)49)35(56)47-15-7-11-27(47)33(54)46-26(17-29(50)51)32(53)45-25(16-20-18-42-22-9-5-4-8-21(20)22)31(52)44-24(36(57)58)10-6-14-41-37(39)40/h4-5,8-9,18-19,23-27,30,42H,3,6-7,10-17,38H2,1-2H3,(H,43,55)(H,44,52)(H,45,53)(H,46,54)(H,48,49)(H,50,51)(H,57,58)(H4,39,40,41)/t19-,23-,24-,25-,26-,27-,30-/m0/s1. The zero-order chi connectivity index (χ0) is 43.1. The molecular weight excluding hydrogens is 760 g/mol. The number of nitrogens with two attached hydrogens (primary N) is 2. The number of para-hydroxylation sites is 1. The summed E-state index contributed by atoms with van der Waals surface area (Å²) in [5, 5.41) is 49.2. The lowest BCUT2D eigenvalue weighted by Gasteiger charge is -2.30. The average Bonchev–Trinajstić information content (AvgIpc) is 3.83. The first kappa shape index (κ1) is 46.1. The Morgan fingerprint density at radius 1 is 0.897 bits per heavy atom. The summed E-state index contributed by atoms with van der Waals surface area (Å²) in [6.45, 7) is 3.75. The number of benzene rings is 1. The summed E-state index contributed by atoms with van der Waals surface area (Å²) in [7, 11) is 0. The highest BCUT2D eigenvalue weighted by Crippen LogP contribution is 2.22. The normalized spacial score (nSPS) is 16.8. The van der Waals surface area contributed by atoms with Crippen molar-refractivity contribution in [3.05, 3.63) is 36.0 Å². The molecule has 21 heteroatoms. The maximum Gasteiger partial charge on any atom is 0.326 e. The van der Waals surface area contributed by atoms with Crippen molar-refractivity contribution in [2.45, 2.75) is 108 Å². The number of hydrogen-bond acceptors (Lipinski definition) is 10. The summed E-state index contributed by atoms with van der Waals surface area (Å²) in [4.78, 5) is 108. The minimum Gasteiger partial charge on any atom is -0.481 e. The number of aromatic amines is 1. The number of carboxylic acids is 3. The van der Waals surface area contributed by atoms with Crippen molar-refractivity contribution in [2.24, 2.45) is 17.4 Å². The molecule has 14 N–H and O–H groups in total. The van der Waals surface area contributed by atoms with E-state index in [2.05, 4.69) is 31.6 Å². The first-order valence-corrected chi connectivity index (χ1v) is 19.0. The summed E-state index contributed by atoms with van der Waals surface area (Å²) in [6, 6.07) is -1.17. The van der Waals surface area contributed by atoms with Gasteiger partial charge in [-0.15, -0.1) is 0 Å². The molecule has 318 valence electrons. The first-order chi connectivity index (χ1) is 27.4. The third-order valence-electron chi connectivity index (χ3n) is 10.0. The van der Waals surface area contributed by atoms with Gasteiger partial charge in [-0.05, 0) is 49.7 Å². The Balaban J connectivity index is 1.85. The topological polar surface area (TPSA) is 352 Å². The average molecular weight is 815 g/mol. The van der Waals surface area contributed by atoms with Crippen molar-refractivity contribution >= 4 is 64.3 Å². The van der Waals surface area contributed by atoms with Crippen LogP contribution in [0.3, 0.4) is 0 Å². The van der Waals surface area contributed by atoms with Crippen molar-refractivity contribution in [1.29, 1.82) is 5.41 Å². The number of fused-ring (bicyclic) bond motifs is 1. The number of rotatable bonds is 23. The number of aliphatic carboxylic acids is 3. The molecule has 5 amide bonds. The molecule has 1 aliphatic heterocycles. The minimum absolute atomic E-state index is 0.0337. The maximum atomic E-state index is 13.8. The van der Waals surface area contributed by atoms with Gasteiger partial charge in [0.25, 0.3) is 0 Å². The third kappa shape index (κ3) is 13.5. The second-order valence-electron chi connectivity index (χ2n) is 14.3. The van der Waals surface area contributed by atoms with Crippen LogP contribution in [-0.2, 0) is 44.8 Å². The molecule has 1 fully saturated rings. The van der Waals surface area contributed by atoms with Crippen LogP contribution in [0.15, 0.2) is 30.5 Å². The molecule has 0 aliphatic carbocycles. The van der Waals surface area contributed by atoms with E-state index in [1.165, 1.54) is 0 Å². The Morgan fingerprint density at radius 3 is 2.19 bits per heavy atom. The number of likely N-dealkylation sites (tertiary alicyclic amines) is 1. The molecule has 7 atom stereocenters. The monoisotopic (exact) mass is 814 g/mol. The minimum atomic E-state index is -1.77. The highest BCUT2D eigenvalue weighted by Gasteiger charge is 2.40. The fourth-order valence-corrected chi connectivity index (χ4v) is 6.52. The third-order valence-corrected chi connectivity index (χ3v) is 10.0. The molecule has 1 aromatic carbocycles. The molecule has 1 aromatic heterocycles. The number of guanidine groups is 1. The van der Waals surface area contributed by atoms with E-state index in [0.29, 0.717) is 29.3 Å². The first-order valence-electron chi connectivity index (χ1n) is 19.0. The molecule has 0 spiro atoms. The number of H-pyrrole nitrogens is 1. The fourth-order valence-electron chi connectivity index (χ4n) is 6.52. The number of carbonyl (C=O) groups is 8. The van der Waals surface area contributed by atoms with E-state index in [1.54, 1.807) is 37.4 Å². The SMILES string of the molecule is CC[C@H](C)[C@H](N)C(=O)N[C@@H](CCC(=O)O)C(=O)N1CCC[C@H]1C(=O)N[C@@H](CC(=O)O)C(=O)N[C@@H](Cc1c[nH]c2ccccc12)C(=O)N[C@@H](CCCNC(=N)N)C(=O)O. The predicted molar refractivity (Wildman–Crippen MR) is 208 cm³/mol. The van der Waals surface area contributed by atoms with E-state index in [-0.39, 0.29) is 57.1 Å². The van der Waals surface area contributed by atoms with Crippen LogP contribution < -0.4 is 38.1 Å². The van der Waals surface area contributed by atoms with Crippen LogP contribution in [0, 0.1) is 11.3 Å². The number of amides is 5. The van der Waals surface area contributed by atoms with E-state index in [0.717, 1.165) is 4.90 Å². The van der Waals surface area contributed by atoms with E-state index >= 15 is 0 Å². The van der Waals surface area contributed by atoms with Crippen LogP contribution in [0.1, 0.15) is 70.8 Å². The maximum absolute atomic E-state index is 13.8. The quantitative estimate of drug-likeness (QED) is 0.0353. The van der Waals surface area contributed by atoms with Crippen molar-refractivity contribution in [1.82, 2.24) is 36.5 Å². The van der Waals surface area contributed by atoms with Gasteiger partial charge in [-0.2, -0.15) is 0 Å². The van der Waals surface area contributed by atoms with Gasteiger partial charge < -0.3 is 63.3 Å². The van der Waals surface area contributed by atoms with Gasteiger partial charge in [-0.1, -0.05) is 38.5 Å². The molecule has 0 bridgehead atoms. The van der Waals surface area contributed by atoms with Crippen LogP contribution in [0.2, 0.25) is 0 Å². The lowest BCUT2D eigenvalue weighted by atomic mass is 9.98. The Hall–Kier alpha value is -6.25. The largest absolute Gasteiger partial charge is 0.481 e. The molecule has 1 saturated heterocycles. The Labute approximate surface area is 333 Å². The zero-order valence-electron chi connectivity index (χ0n) is 32.4. The summed E-state index contributed by atoms with van der Waals surface area (Å²) >= 11 is 0. The Bertz CT molecular complexity index is 1830. The van der Waals surface area contributed by atoms with Gasteiger partial charge in [0, 0.05) is 43.0 Å². The molecule has 1 aliphatic rings. The zero-order valence-corrected chi connectivity index (χ0v) is 32.4. The molecule has 2 heterocycles. The number of hydrogen-bond donors (Lipinski definition) is 12. The van der Waals surface area contributed by atoms with Gasteiger partial charge in [-0.25, -0.2) is 4.79 Å². The smallest absolute Gasteiger partial charge is 0.326 e. The highest BCUT2D eigenvalue weighted by atomic mass is 16.4. The lowest BCUT2D eigenvalue weighted by molar-refractivity contribution is -0.145. The van der Waals surface area contributed by atoms with Crippen molar-refractivity contribution < 1.29 is 53.7 Å². The lowest BCUT2D eigenvalue weighted by Crippen LogP contribution is -2.59. The summed E-state index contributed by atoms with van der Waals surface area (Å²) in [5.74, 6) is -9.02. The molecule has 2 aromatic rings. The number of aromatic nitrogens is 1. The highest BCUT2D eigenvalue weighted by molar-refractivity contribution is 5.98. The van der Waals surface area contributed by atoms with Crippen molar-refractivity contribution in [3.63, 3.8) is 0 Å². The molecule has 58 heavy (non-hydrogen) atoms. The predicted octanol–water partition coefficient (Wildman–Crippen LogP) is -1.30. The molecule has 0 saturated carbocycles. The van der Waals surface area contributed by atoms with Gasteiger partial charge in [0.15, 0.2) is 5.96 Å². The second kappa shape index (κ2) is 21.9. The van der Waals surface area contributed by atoms with E-state index in [1.807, 2.05) is 6.92 Å². The van der Waals surface area contributed by atoms with Crippen molar-refractivity contribution in [3.8, 4) is 0 Å². The Kier molecular flexibility index (Phi) is 17.4. The van der Waals surface area contributed by atoms with Crippen LogP contribution in [-0.4, -0.2) is 128 Å². The van der Waals surface area contributed by atoms with Crippen LogP contribution in [0.25, 0.3) is 10.9 Å². The molecule has 0 unspecified atom stereocenters. The van der Waals surface area contributed by atoms with Gasteiger partial charge in [0.1, 0.15) is 30.2 Å². The molecular formula is C37H54N10O11. The van der Waals surface area contributed by atoms with Gasteiger partial charge in [-0.3, -0.25) is 39.0 Å². The number of carboxylic acid groups (broad SMARTS) is 3. The van der Waals surface area contributed by atoms with Gasteiger partial charge >= 0.3 is 17.9 Å². The number of nitrogens with one attached hydrogen (secondary N) is 7. The summed E-state index contributed by atoms with van der Waals surface area (Å²) in [5.41, 5.74) is 12.6. The van der Waals surface area contributed by atoms with Crippen LogP contribution >= 0.6 is 0 Å². The van der Waals surface area contributed by atoms with E-state index in [9.17, 15) is 53.7 Å². The fraction of sp³-hybridized carbons (Fsp3) is 0.541. The Morgan fingerprint density at radius 2 is 1.55 bits per heavy atom. The van der Waals surface area contributed by atoms with E-state index in [4.69, 9.17) is 16.9 Å². The van der Waals surface area contributed by atoms with Crippen LogP contribution in [0.4, 0.5) is 0 Å². The number of carbonyl (C=O) groups excluding carboxylic acids is 5. The van der Waals surface area contributed by atoms with E-state index < -0.39 is 96.5 Å². The molecule has 0 radical (unpaired) electrons. The van der Waals surface area contributed by atoms with Gasteiger partial charge in [0.2, 0.25) is 29.5 Å². The summed E-state index contributed by atoms with van der Waals surface area (Å²) < 4.78 is 0. The van der Waals surface area contributed by atoms with Crippen LogP contribution in [0.5, 0.6) is 0 Å². The van der Waals surface area contributed by atoms with Gasteiger partial charge in [0.05, 0.1) is 12.5 Å². The molecule has 21 nitrogen and oxygen atoms in total.